The van der Waals surface area contributed by atoms with Crippen LogP contribution in [0.25, 0.3) is 0 Å². The van der Waals surface area contributed by atoms with Gasteiger partial charge in [-0.1, -0.05) is 66.2 Å². The zero-order valence-electron chi connectivity index (χ0n) is 32.2. The molecule has 5 rings (SSSR count). The standard InChI is InChI=1S/C41H60N2O5Si2/c1-40(2,3)49(7,8)47-35-19-14-16-31(26-35)33-29-43(37-21-20-36(28-38(37)46-30-33)48-50(9,10)41(4,5)6)39(44)32-17-15-18-34(27-32)45-25-24-42-22-12-11-13-23-42/h14-21,26-28,33H,11-13,22-25,29-30H2,1-10H3. The number of likely N-dealkylation sites (tertiary alicyclic amines) is 1. The monoisotopic (exact) mass is 716 g/mol. The van der Waals surface area contributed by atoms with Crippen molar-refractivity contribution >= 4 is 28.2 Å². The zero-order valence-corrected chi connectivity index (χ0v) is 34.2. The molecule has 0 bridgehead atoms. The van der Waals surface area contributed by atoms with E-state index in [1.807, 2.05) is 53.4 Å². The molecule has 1 fully saturated rings. The van der Waals surface area contributed by atoms with Crippen LogP contribution in [0.15, 0.2) is 66.7 Å². The highest BCUT2D eigenvalue weighted by atomic mass is 28.4. The molecule has 3 aromatic rings. The third-order valence-corrected chi connectivity index (χ3v) is 19.9. The van der Waals surface area contributed by atoms with Crippen molar-refractivity contribution in [3.05, 3.63) is 77.9 Å². The minimum Gasteiger partial charge on any atom is -0.543 e. The molecule has 7 nitrogen and oxygen atoms in total. The fourth-order valence-corrected chi connectivity index (χ4v) is 7.97. The molecule has 1 atom stereocenters. The summed E-state index contributed by atoms with van der Waals surface area (Å²) in [4.78, 5) is 18.9. The molecule has 2 aliphatic rings. The van der Waals surface area contributed by atoms with E-state index < -0.39 is 16.6 Å². The van der Waals surface area contributed by atoms with E-state index in [9.17, 15) is 4.79 Å². The lowest BCUT2D eigenvalue weighted by atomic mass is 9.98. The Bertz CT molecular complexity index is 1620. The first-order valence-electron chi connectivity index (χ1n) is 18.5. The molecular formula is C41H60N2O5Si2. The van der Waals surface area contributed by atoms with E-state index in [1.54, 1.807) is 0 Å². The van der Waals surface area contributed by atoms with E-state index in [0.29, 0.717) is 36.8 Å². The maximum Gasteiger partial charge on any atom is 0.258 e. The van der Waals surface area contributed by atoms with E-state index >= 15 is 0 Å². The first-order valence-corrected chi connectivity index (χ1v) is 24.3. The lowest BCUT2D eigenvalue weighted by Gasteiger charge is -2.36. The van der Waals surface area contributed by atoms with Gasteiger partial charge in [-0.3, -0.25) is 9.69 Å². The number of ether oxygens (including phenoxy) is 2. The summed E-state index contributed by atoms with van der Waals surface area (Å²) < 4.78 is 26.1. The SMILES string of the molecule is CC(C)(C)[Si](C)(C)Oc1cccc(C2COc3cc(O[Si](C)(C)C(C)(C)C)ccc3N(C(=O)c3cccc(OCCN4CCCCC4)c3)C2)c1. The molecular weight excluding hydrogens is 657 g/mol. The molecule has 1 amide bonds. The molecule has 9 heteroatoms. The molecule has 0 aliphatic carbocycles. The summed E-state index contributed by atoms with van der Waals surface area (Å²) in [6.45, 7) is 27.1. The Morgan fingerprint density at radius 1 is 0.780 bits per heavy atom. The van der Waals surface area contributed by atoms with Crippen LogP contribution in [0.1, 0.15) is 82.6 Å². The Hall–Kier alpha value is -3.28. The average Bonchev–Trinajstić information content (AvgIpc) is 3.23. The van der Waals surface area contributed by atoms with Crippen molar-refractivity contribution in [2.75, 3.05) is 44.3 Å². The quantitative estimate of drug-likeness (QED) is 0.195. The van der Waals surface area contributed by atoms with Crippen LogP contribution in [0.4, 0.5) is 5.69 Å². The van der Waals surface area contributed by atoms with Crippen molar-refractivity contribution in [3.8, 4) is 23.0 Å². The van der Waals surface area contributed by atoms with Crippen LogP contribution in [0.5, 0.6) is 23.0 Å². The number of benzene rings is 3. The van der Waals surface area contributed by atoms with E-state index in [1.165, 1.54) is 19.3 Å². The van der Waals surface area contributed by atoms with E-state index in [-0.39, 0.29) is 21.9 Å². The molecule has 2 heterocycles. The van der Waals surface area contributed by atoms with Gasteiger partial charge in [0.15, 0.2) is 0 Å². The summed E-state index contributed by atoms with van der Waals surface area (Å²) in [6.07, 6.45) is 3.82. The van der Waals surface area contributed by atoms with Crippen molar-refractivity contribution in [1.29, 1.82) is 0 Å². The topological polar surface area (TPSA) is 60.5 Å². The maximum absolute atomic E-state index is 14.5. The Kier molecular flexibility index (Phi) is 11.5. The van der Waals surface area contributed by atoms with Crippen molar-refractivity contribution in [1.82, 2.24) is 4.90 Å². The molecule has 0 radical (unpaired) electrons. The van der Waals surface area contributed by atoms with Crippen molar-refractivity contribution in [3.63, 3.8) is 0 Å². The van der Waals surface area contributed by atoms with Gasteiger partial charge in [-0.05, 0) is 110 Å². The van der Waals surface area contributed by atoms with Crippen LogP contribution in [0.2, 0.25) is 36.3 Å². The van der Waals surface area contributed by atoms with E-state index in [4.69, 9.17) is 18.3 Å². The number of amides is 1. The average molecular weight is 717 g/mol. The van der Waals surface area contributed by atoms with Gasteiger partial charge in [0.25, 0.3) is 5.91 Å². The zero-order chi connectivity index (χ0) is 36.3. The van der Waals surface area contributed by atoms with Crippen LogP contribution >= 0.6 is 0 Å². The normalized spacial score (nSPS) is 17.7. The molecule has 0 N–H and O–H groups in total. The lowest BCUT2D eigenvalue weighted by molar-refractivity contribution is 0.0985. The first kappa shape index (κ1) is 38.0. The summed E-state index contributed by atoms with van der Waals surface area (Å²) in [5.74, 6) is 2.84. The highest BCUT2D eigenvalue weighted by Gasteiger charge is 2.40. The van der Waals surface area contributed by atoms with Gasteiger partial charge in [0.05, 0.1) is 12.3 Å². The van der Waals surface area contributed by atoms with Gasteiger partial charge in [0.1, 0.15) is 29.6 Å². The number of hydrogen-bond donors (Lipinski definition) is 0. The molecule has 50 heavy (non-hydrogen) atoms. The number of rotatable bonds is 10. The van der Waals surface area contributed by atoms with Gasteiger partial charge < -0.3 is 23.2 Å². The van der Waals surface area contributed by atoms with Gasteiger partial charge in [0, 0.05) is 30.6 Å². The lowest BCUT2D eigenvalue weighted by Crippen LogP contribution is -2.43. The second-order valence-corrected chi connectivity index (χ2v) is 26.6. The summed E-state index contributed by atoms with van der Waals surface area (Å²) in [5.41, 5.74) is 2.41. The number of carbonyl (C=O) groups excluding carboxylic acids is 1. The number of carbonyl (C=O) groups is 1. The van der Waals surface area contributed by atoms with Gasteiger partial charge in [-0.25, -0.2) is 0 Å². The fraction of sp³-hybridized carbons (Fsp3) is 0.537. The molecule has 1 unspecified atom stereocenters. The first-order chi connectivity index (χ1) is 23.4. The predicted molar refractivity (Wildman–Crippen MR) is 211 cm³/mol. The number of fused-ring (bicyclic) bond motifs is 1. The second kappa shape index (κ2) is 15.1. The Morgan fingerprint density at radius 2 is 1.40 bits per heavy atom. The molecule has 3 aromatic carbocycles. The molecule has 0 saturated carbocycles. The van der Waals surface area contributed by atoms with E-state index in [2.05, 4.69) is 90.8 Å². The van der Waals surface area contributed by atoms with E-state index in [0.717, 1.165) is 42.4 Å². The van der Waals surface area contributed by atoms with Crippen LogP contribution in [-0.2, 0) is 0 Å². The Morgan fingerprint density at radius 3 is 2.06 bits per heavy atom. The third kappa shape index (κ3) is 9.14. The smallest absolute Gasteiger partial charge is 0.258 e. The highest BCUT2D eigenvalue weighted by molar-refractivity contribution is 6.75. The summed E-state index contributed by atoms with van der Waals surface area (Å²) in [7, 11) is -4.13. The summed E-state index contributed by atoms with van der Waals surface area (Å²) in [5, 5.41) is 0.126. The Labute approximate surface area is 303 Å². The van der Waals surface area contributed by atoms with Crippen LogP contribution in [-0.4, -0.2) is 66.8 Å². The molecule has 0 aromatic heterocycles. The van der Waals surface area contributed by atoms with Gasteiger partial charge in [-0.15, -0.1) is 0 Å². The van der Waals surface area contributed by atoms with Gasteiger partial charge in [0.2, 0.25) is 16.6 Å². The summed E-state index contributed by atoms with van der Waals surface area (Å²) >= 11 is 0. The number of anilines is 1. The highest BCUT2D eigenvalue weighted by Crippen LogP contribution is 2.43. The predicted octanol–water partition coefficient (Wildman–Crippen LogP) is 10.1. The molecule has 2 aliphatic heterocycles. The maximum atomic E-state index is 14.5. The van der Waals surface area contributed by atoms with Gasteiger partial charge in [-0.2, -0.15) is 0 Å². The number of nitrogens with zero attached hydrogens (tertiary/aromatic N) is 2. The van der Waals surface area contributed by atoms with Crippen molar-refractivity contribution in [2.45, 2.75) is 103 Å². The largest absolute Gasteiger partial charge is 0.543 e. The number of piperidine rings is 1. The van der Waals surface area contributed by atoms with Crippen LogP contribution < -0.4 is 23.2 Å². The Balaban J connectivity index is 1.44. The van der Waals surface area contributed by atoms with Crippen LogP contribution in [0.3, 0.4) is 0 Å². The minimum atomic E-state index is -2.09. The molecule has 1 saturated heterocycles. The van der Waals surface area contributed by atoms with Crippen LogP contribution in [0, 0.1) is 0 Å². The van der Waals surface area contributed by atoms with Crippen molar-refractivity contribution < 1.29 is 23.1 Å². The van der Waals surface area contributed by atoms with Crippen molar-refractivity contribution in [2.24, 2.45) is 0 Å². The fourth-order valence-electron chi connectivity index (χ4n) is 5.93. The third-order valence-electron chi connectivity index (χ3n) is 11.2. The number of hydrogen-bond acceptors (Lipinski definition) is 6. The van der Waals surface area contributed by atoms with Gasteiger partial charge >= 0.3 is 0 Å². The molecule has 272 valence electrons. The second-order valence-electron chi connectivity index (χ2n) is 17.1. The minimum absolute atomic E-state index is 0.0477. The molecule has 0 spiro atoms. The summed E-state index contributed by atoms with van der Waals surface area (Å²) in [6, 6.07) is 21.9.